The lowest BCUT2D eigenvalue weighted by Crippen LogP contribution is -2.13. The van der Waals surface area contributed by atoms with Crippen molar-refractivity contribution in [3.05, 3.63) is 140 Å². The van der Waals surface area contributed by atoms with Crippen molar-refractivity contribution in [1.82, 2.24) is 4.98 Å². The number of hydrogen-bond acceptors (Lipinski definition) is 2. The molecule has 2 heteroatoms. The van der Waals surface area contributed by atoms with Gasteiger partial charge in [-0.2, -0.15) is 0 Å². The molecule has 4 rings (SSSR count). The van der Waals surface area contributed by atoms with Gasteiger partial charge < -0.3 is 5.73 Å². The first-order valence-electron chi connectivity index (χ1n) is 13.0. The van der Waals surface area contributed by atoms with Crippen molar-refractivity contribution in [3.63, 3.8) is 0 Å². The van der Waals surface area contributed by atoms with E-state index in [-0.39, 0.29) is 6.04 Å². The van der Waals surface area contributed by atoms with E-state index in [0.29, 0.717) is 5.92 Å². The van der Waals surface area contributed by atoms with Crippen LogP contribution in [0.1, 0.15) is 51.4 Å². The molecule has 0 radical (unpaired) electrons. The second-order valence-electron chi connectivity index (χ2n) is 9.64. The molecule has 0 spiro atoms. The monoisotopic (exact) mass is 490 g/mol. The van der Waals surface area contributed by atoms with Crippen molar-refractivity contribution < 1.29 is 0 Å². The van der Waals surface area contributed by atoms with Crippen molar-refractivity contribution in [1.29, 1.82) is 0 Å². The fourth-order valence-electron chi connectivity index (χ4n) is 3.68. The lowest BCUT2D eigenvalue weighted by atomic mass is 10.00. The molecular formula is C35H42N2. The summed E-state index contributed by atoms with van der Waals surface area (Å²) in [4.78, 5) is 4.84. The van der Waals surface area contributed by atoms with Crippen molar-refractivity contribution in [3.8, 4) is 11.3 Å². The molecule has 192 valence electrons. The Labute approximate surface area is 224 Å². The fraction of sp³-hybridized carbons (Fsp3) is 0.229. The number of aromatic nitrogens is 1. The molecule has 0 amide bonds. The van der Waals surface area contributed by atoms with Crippen molar-refractivity contribution in [2.75, 3.05) is 0 Å². The van der Waals surface area contributed by atoms with Crippen molar-refractivity contribution in [2.24, 2.45) is 17.6 Å². The van der Waals surface area contributed by atoms with Crippen LogP contribution in [-0.2, 0) is 0 Å². The first-order chi connectivity index (χ1) is 17.9. The number of nitrogens with zero attached hydrogens (tertiary/aromatic N) is 1. The maximum atomic E-state index is 6.41. The molecule has 4 aromatic rings. The third kappa shape index (κ3) is 10.0. The number of hydrogen-bond donors (Lipinski definition) is 1. The highest BCUT2D eigenvalue weighted by molar-refractivity contribution is 5.95. The Morgan fingerprint density at radius 3 is 2.03 bits per heavy atom. The average molecular weight is 491 g/mol. The Bertz CT molecular complexity index is 1240. The normalized spacial score (nSPS) is 11.4. The van der Waals surface area contributed by atoms with Crippen LogP contribution in [0.2, 0.25) is 0 Å². The zero-order valence-corrected chi connectivity index (χ0v) is 22.8. The molecule has 0 saturated heterocycles. The highest BCUT2D eigenvalue weighted by Gasteiger charge is 2.12. The number of fused-ring (bicyclic) bond motifs is 1. The van der Waals surface area contributed by atoms with Crippen LogP contribution >= 0.6 is 0 Å². The van der Waals surface area contributed by atoms with Gasteiger partial charge in [0, 0.05) is 5.56 Å². The predicted molar refractivity (Wildman–Crippen MR) is 163 cm³/mol. The molecule has 0 aliphatic heterocycles. The number of rotatable bonds is 7. The van der Waals surface area contributed by atoms with Gasteiger partial charge >= 0.3 is 0 Å². The predicted octanol–water partition coefficient (Wildman–Crippen LogP) is 9.55. The summed E-state index contributed by atoms with van der Waals surface area (Å²) in [6.45, 7) is 15.6. The summed E-state index contributed by atoms with van der Waals surface area (Å²) in [6, 6.07) is 30.6. The van der Waals surface area contributed by atoms with E-state index >= 15 is 0 Å². The van der Waals surface area contributed by atoms with Gasteiger partial charge in [0.2, 0.25) is 0 Å². The summed E-state index contributed by atoms with van der Waals surface area (Å²) in [5, 5.41) is 2.42. The maximum Gasteiger partial charge on any atom is 0.0726 e. The number of allylic oxidation sites excluding steroid dienone is 4. The second-order valence-corrected chi connectivity index (χ2v) is 9.64. The average Bonchev–Trinajstić information content (AvgIpc) is 2.93. The zero-order valence-electron chi connectivity index (χ0n) is 22.8. The van der Waals surface area contributed by atoms with Crippen LogP contribution in [0.25, 0.3) is 22.0 Å². The summed E-state index contributed by atoms with van der Waals surface area (Å²) >= 11 is 0. The van der Waals surface area contributed by atoms with Crippen LogP contribution in [0.15, 0.2) is 128 Å². The van der Waals surface area contributed by atoms with Gasteiger partial charge in [0.1, 0.15) is 0 Å². The largest absolute Gasteiger partial charge is 0.319 e. The molecule has 2 nitrogen and oxygen atoms in total. The molecule has 2 N–H and O–H groups in total. The van der Waals surface area contributed by atoms with E-state index in [0.717, 1.165) is 28.4 Å². The third-order valence-corrected chi connectivity index (χ3v) is 5.61. The van der Waals surface area contributed by atoms with Crippen LogP contribution in [0.3, 0.4) is 0 Å². The molecule has 1 atom stereocenters. The summed E-state index contributed by atoms with van der Waals surface area (Å²) in [7, 11) is 0. The molecule has 0 saturated carbocycles. The van der Waals surface area contributed by atoms with Gasteiger partial charge in [-0.05, 0) is 46.7 Å². The van der Waals surface area contributed by atoms with Crippen LogP contribution in [0, 0.1) is 11.8 Å². The van der Waals surface area contributed by atoms with E-state index in [1.807, 2.05) is 48.5 Å². The lowest BCUT2D eigenvalue weighted by molar-refractivity contribution is 0.659. The zero-order chi connectivity index (χ0) is 27.0. The van der Waals surface area contributed by atoms with Gasteiger partial charge in [-0.15, -0.1) is 0 Å². The van der Waals surface area contributed by atoms with Crippen molar-refractivity contribution >= 4 is 10.8 Å². The minimum atomic E-state index is -0.221. The molecule has 0 aliphatic rings. The van der Waals surface area contributed by atoms with Gasteiger partial charge in [-0.25, -0.2) is 0 Å². The minimum absolute atomic E-state index is 0.221. The smallest absolute Gasteiger partial charge is 0.0726 e. The molecule has 37 heavy (non-hydrogen) atoms. The van der Waals surface area contributed by atoms with Crippen LogP contribution in [-0.4, -0.2) is 4.98 Å². The lowest BCUT2D eigenvalue weighted by Gasteiger charge is -2.13. The number of benzene rings is 3. The molecular weight excluding hydrogens is 448 g/mol. The van der Waals surface area contributed by atoms with E-state index in [1.54, 1.807) is 12.2 Å². The Kier molecular flexibility index (Phi) is 12.8. The van der Waals surface area contributed by atoms with Crippen LogP contribution < -0.4 is 5.73 Å². The first kappa shape index (κ1) is 29.5. The van der Waals surface area contributed by atoms with Gasteiger partial charge in [-0.1, -0.05) is 144 Å². The Hall–Kier alpha value is -3.75. The quantitative estimate of drug-likeness (QED) is 0.207. The van der Waals surface area contributed by atoms with Crippen molar-refractivity contribution in [2.45, 2.75) is 40.2 Å². The third-order valence-electron chi connectivity index (χ3n) is 5.61. The fourth-order valence-corrected chi connectivity index (χ4v) is 3.68. The molecule has 0 bridgehead atoms. The van der Waals surface area contributed by atoms with Gasteiger partial charge in [0.25, 0.3) is 0 Å². The topological polar surface area (TPSA) is 38.9 Å². The summed E-state index contributed by atoms with van der Waals surface area (Å²) in [5.41, 5.74) is 10.5. The highest BCUT2D eigenvalue weighted by Crippen LogP contribution is 2.28. The molecule has 1 aromatic heterocycles. The van der Waals surface area contributed by atoms with E-state index in [9.17, 15) is 0 Å². The number of nitrogens with two attached hydrogens (primary N) is 1. The molecule has 0 fully saturated rings. The Morgan fingerprint density at radius 2 is 1.38 bits per heavy atom. The molecule has 3 aromatic carbocycles. The van der Waals surface area contributed by atoms with Gasteiger partial charge in [0.15, 0.2) is 0 Å². The van der Waals surface area contributed by atoms with Gasteiger partial charge in [0.05, 0.1) is 17.4 Å². The van der Waals surface area contributed by atoms with Crippen LogP contribution in [0.5, 0.6) is 0 Å². The van der Waals surface area contributed by atoms with E-state index in [2.05, 4.69) is 95.5 Å². The van der Waals surface area contributed by atoms with E-state index in [1.165, 1.54) is 17.2 Å². The summed E-state index contributed by atoms with van der Waals surface area (Å²) in [6.07, 6.45) is 9.04. The van der Waals surface area contributed by atoms with Gasteiger partial charge in [-0.3, -0.25) is 4.98 Å². The SMILES string of the molecule is C=CC=C.CC(C)/C=C/CC(C)C.NC(c1ccccc1)c1cccc(-c2cccc3ccccc23)n1. The highest BCUT2D eigenvalue weighted by atomic mass is 14.8. The molecule has 0 aliphatic carbocycles. The Morgan fingerprint density at radius 1 is 0.757 bits per heavy atom. The minimum Gasteiger partial charge on any atom is -0.319 e. The summed E-state index contributed by atoms with van der Waals surface area (Å²) in [5.74, 6) is 1.52. The first-order valence-corrected chi connectivity index (χ1v) is 13.0. The molecule has 1 unspecified atom stereocenters. The molecule has 1 heterocycles. The van der Waals surface area contributed by atoms with E-state index < -0.39 is 0 Å². The second kappa shape index (κ2) is 16.1. The van der Waals surface area contributed by atoms with E-state index in [4.69, 9.17) is 10.7 Å². The maximum absolute atomic E-state index is 6.41. The Balaban J connectivity index is 0.000000311. The van der Waals surface area contributed by atoms with Crippen LogP contribution in [0.4, 0.5) is 0 Å². The number of pyridine rings is 1. The standard InChI is InChI=1S/C22H18N2.C9H18.C4H6/c23-22(17-9-2-1-3-10-17)21-15-7-14-20(24-21)19-13-6-11-16-8-4-5-12-18(16)19;1-8(2)6-5-7-9(3)4;1-3-4-2/h1-15,22H,23H2;5-6,8-9H,7H2,1-4H3;3-4H,1-2H2/b;6-5+;. The summed E-state index contributed by atoms with van der Waals surface area (Å²) < 4.78 is 0.